The lowest BCUT2D eigenvalue weighted by molar-refractivity contribution is 0.0962. The topological polar surface area (TPSA) is 50.7 Å². The van der Waals surface area contributed by atoms with Gasteiger partial charge in [0, 0.05) is 34.4 Å². The van der Waals surface area contributed by atoms with Gasteiger partial charge in [-0.2, -0.15) is 0 Å². The second-order valence-electron chi connectivity index (χ2n) is 7.77. The lowest BCUT2D eigenvalue weighted by Gasteiger charge is -2.43. The van der Waals surface area contributed by atoms with Gasteiger partial charge in [-0.05, 0) is 38.1 Å². The average molecular weight is 467 g/mol. The van der Waals surface area contributed by atoms with Crippen molar-refractivity contribution in [3.63, 3.8) is 0 Å². The molecule has 1 amide bonds. The number of carbonyl (C=O) groups excluding carboxylic acids is 1. The van der Waals surface area contributed by atoms with Crippen LogP contribution in [-0.2, 0) is 10.3 Å². The van der Waals surface area contributed by atoms with Crippen molar-refractivity contribution in [1.29, 1.82) is 0 Å². The molecule has 0 saturated carbocycles. The van der Waals surface area contributed by atoms with Gasteiger partial charge in [0.15, 0.2) is 5.17 Å². The Hall–Kier alpha value is -3.19. The molecule has 2 atom stereocenters. The normalized spacial score (nSPS) is 22.8. The third-order valence-corrected chi connectivity index (χ3v) is 6.70. The summed E-state index contributed by atoms with van der Waals surface area (Å²) in [7, 11) is 0. The first-order valence-electron chi connectivity index (χ1n) is 10.7. The van der Waals surface area contributed by atoms with Gasteiger partial charge in [0.1, 0.15) is 29.5 Å². The quantitative estimate of drug-likeness (QED) is 0.584. The smallest absolute Gasteiger partial charge is 0.257 e. The first-order chi connectivity index (χ1) is 16.0. The van der Waals surface area contributed by atoms with Gasteiger partial charge in [-0.3, -0.25) is 4.79 Å². The number of nitrogens with one attached hydrogen (secondary N) is 1. The fourth-order valence-electron chi connectivity index (χ4n) is 4.03. The van der Waals surface area contributed by atoms with Crippen LogP contribution in [-0.4, -0.2) is 23.4 Å². The largest absolute Gasteiger partial charge is 0.490 e. The Bertz CT molecular complexity index is 1170. The summed E-state index contributed by atoms with van der Waals surface area (Å²) >= 11 is 1.39. The summed E-state index contributed by atoms with van der Waals surface area (Å²) in [6.45, 7) is 3.91. The van der Waals surface area contributed by atoms with Gasteiger partial charge < -0.3 is 10.1 Å². The molecule has 0 aromatic heterocycles. The maximum absolute atomic E-state index is 15.0. The molecule has 33 heavy (non-hydrogen) atoms. The van der Waals surface area contributed by atoms with Gasteiger partial charge in [0.2, 0.25) is 0 Å². The minimum atomic E-state index is -1.12. The molecule has 2 aliphatic rings. The van der Waals surface area contributed by atoms with Gasteiger partial charge in [-0.1, -0.05) is 54.3 Å². The van der Waals surface area contributed by atoms with Crippen LogP contribution in [0.15, 0.2) is 89.2 Å². The third-order valence-electron chi connectivity index (χ3n) is 5.71. The minimum absolute atomic E-state index is 0.0617. The Labute approximate surface area is 196 Å². The van der Waals surface area contributed by atoms with E-state index in [2.05, 4.69) is 5.32 Å². The van der Waals surface area contributed by atoms with Crippen LogP contribution >= 0.6 is 11.8 Å². The third kappa shape index (κ3) is 4.64. The molecule has 4 nitrogen and oxygen atoms in total. The van der Waals surface area contributed by atoms with E-state index in [4.69, 9.17) is 9.73 Å². The Morgan fingerprint density at radius 3 is 2.70 bits per heavy atom. The van der Waals surface area contributed by atoms with Crippen LogP contribution in [0, 0.1) is 17.6 Å². The van der Waals surface area contributed by atoms with E-state index in [0.29, 0.717) is 22.2 Å². The van der Waals surface area contributed by atoms with Gasteiger partial charge >= 0.3 is 0 Å². The predicted molar refractivity (Wildman–Crippen MR) is 128 cm³/mol. The zero-order chi connectivity index (χ0) is 23.4. The Morgan fingerprint density at radius 2 is 2.00 bits per heavy atom. The van der Waals surface area contributed by atoms with Crippen molar-refractivity contribution in [2.24, 2.45) is 10.9 Å². The highest BCUT2D eigenvalue weighted by Crippen LogP contribution is 2.46. The molecule has 0 spiro atoms. The number of rotatable bonds is 4. The molecule has 1 N–H and O–H groups in total. The van der Waals surface area contributed by atoms with Crippen LogP contribution in [0.2, 0.25) is 0 Å². The van der Waals surface area contributed by atoms with Gasteiger partial charge in [0.25, 0.3) is 5.91 Å². The molecule has 4 rings (SSSR count). The highest BCUT2D eigenvalue weighted by atomic mass is 32.2. The molecule has 0 saturated heterocycles. The first kappa shape index (κ1) is 23.0. The van der Waals surface area contributed by atoms with Crippen molar-refractivity contribution in [2.45, 2.75) is 19.4 Å². The molecule has 2 heterocycles. The van der Waals surface area contributed by atoms with E-state index in [1.165, 1.54) is 23.9 Å². The number of aliphatic imine (C=N–C) groups is 1. The number of ether oxygens (including phenoxy) is 1. The number of fused-ring (bicyclic) bond motifs is 1. The lowest BCUT2D eigenvalue weighted by Crippen LogP contribution is -2.47. The number of hydrogen-bond acceptors (Lipinski definition) is 4. The number of amides is 1. The van der Waals surface area contributed by atoms with Crippen molar-refractivity contribution >= 4 is 22.8 Å². The number of allylic oxidation sites excluding steroid dienone is 3. The minimum Gasteiger partial charge on any atom is -0.490 e. The SMILES string of the molecule is C/C=C\C(=C/C)C1=CC2CSC(NC(=O)c3ccccc3)=NC2(c2ccc(F)cc2F)CO1. The van der Waals surface area contributed by atoms with Crippen molar-refractivity contribution in [1.82, 2.24) is 5.32 Å². The van der Waals surface area contributed by atoms with Crippen LogP contribution < -0.4 is 5.32 Å². The molecular weight excluding hydrogens is 442 g/mol. The maximum atomic E-state index is 15.0. The number of amidine groups is 1. The molecule has 0 radical (unpaired) electrons. The number of thioether (sulfide) groups is 1. The molecule has 2 aliphatic heterocycles. The fourth-order valence-corrected chi connectivity index (χ4v) is 5.13. The van der Waals surface area contributed by atoms with E-state index in [1.807, 2.05) is 44.2 Å². The Balaban J connectivity index is 1.76. The van der Waals surface area contributed by atoms with E-state index in [0.717, 1.165) is 11.6 Å². The van der Waals surface area contributed by atoms with E-state index >= 15 is 0 Å². The highest BCUT2D eigenvalue weighted by Gasteiger charge is 2.48. The average Bonchev–Trinajstić information content (AvgIpc) is 2.82. The second kappa shape index (κ2) is 9.75. The summed E-state index contributed by atoms with van der Waals surface area (Å²) < 4.78 is 34.8. The Kier molecular flexibility index (Phi) is 6.79. The van der Waals surface area contributed by atoms with Gasteiger partial charge in [-0.15, -0.1) is 0 Å². The van der Waals surface area contributed by atoms with Crippen LogP contribution in [0.4, 0.5) is 8.78 Å². The molecule has 0 bridgehead atoms. The fraction of sp³-hybridized carbons (Fsp3) is 0.231. The van der Waals surface area contributed by atoms with Crippen molar-refractivity contribution in [3.05, 3.63) is 107 Å². The molecular formula is C26H24F2N2O2S. The van der Waals surface area contributed by atoms with Gasteiger partial charge in [0.05, 0.1) is 0 Å². The second-order valence-corrected chi connectivity index (χ2v) is 8.78. The number of nitrogens with zero attached hydrogens (tertiary/aromatic N) is 1. The Morgan fingerprint density at radius 1 is 1.21 bits per heavy atom. The predicted octanol–water partition coefficient (Wildman–Crippen LogP) is 5.75. The lowest BCUT2D eigenvalue weighted by atomic mass is 9.77. The van der Waals surface area contributed by atoms with Crippen molar-refractivity contribution in [2.75, 3.05) is 12.4 Å². The van der Waals surface area contributed by atoms with Crippen LogP contribution in [0.25, 0.3) is 0 Å². The molecule has 170 valence electrons. The van der Waals surface area contributed by atoms with Crippen molar-refractivity contribution < 1.29 is 18.3 Å². The molecule has 2 aromatic carbocycles. The summed E-state index contributed by atoms with van der Waals surface area (Å²) in [6.07, 6.45) is 7.77. The summed E-state index contributed by atoms with van der Waals surface area (Å²) in [5.41, 5.74) is 0.531. The summed E-state index contributed by atoms with van der Waals surface area (Å²) in [4.78, 5) is 17.5. The molecule has 0 aliphatic carbocycles. The van der Waals surface area contributed by atoms with Crippen LogP contribution in [0.1, 0.15) is 29.8 Å². The number of halogens is 2. The summed E-state index contributed by atoms with van der Waals surface area (Å²) in [5.74, 6) is -0.620. The maximum Gasteiger partial charge on any atom is 0.257 e. The van der Waals surface area contributed by atoms with Gasteiger partial charge in [-0.25, -0.2) is 13.8 Å². The first-order valence-corrected chi connectivity index (χ1v) is 11.6. The number of hydrogen-bond donors (Lipinski definition) is 1. The molecule has 2 aromatic rings. The number of benzene rings is 2. The summed E-state index contributed by atoms with van der Waals surface area (Å²) in [5, 5.41) is 3.22. The molecule has 2 unspecified atom stereocenters. The monoisotopic (exact) mass is 466 g/mol. The van der Waals surface area contributed by atoms with Crippen molar-refractivity contribution in [3.8, 4) is 0 Å². The zero-order valence-electron chi connectivity index (χ0n) is 18.3. The highest BCUT2D eigenvalue weighted by molar-refractivity contribution is 8.13. The van der Waals surface area contributed by atoms with E-state index in [1.54, 1.807) is 24.3 Å². The van der Waals surface area contributed by atoms with Crippen LogP contribution in [0.3, 0.4) is 0 Å². The molecule has 7 heteroatoms. The van der Waals surface area contributed by atoms with E-state index in [9.17, 15) is 13.6 Å². The summed E-state index contributed by atoms with van der Waals surface area (Å²) in [6, 6.07) is 12.3. The molecule has 0 fully saturated rings. The zero-order valence-corrected chi connectivity index (χ0v) is 19.2. The van der Waals surface area contributed by atoms with Crippen LogP contribution in [0.5, 0.6) is 0 Å². The van der Waals surface area contributed by atoms with E-state index < -0.39 is 17.2 Å². The van der Waals surface area contributed by atoms with E-state index in [-0.39, 0.29) is 24.0 Å². The number of carbonyl (C=O) groups is 1. The standard InChI is InChI=1S/C26H24F2N2O2S/c1-3-8-17(4-2)23-13-19-15-33-25(29-24(31)18-9-6-5-7-10-18)30-26(19,16-32-23)21-12-11-20(27)14-22(21)28/h3-14,19H,15-16H2,1-2H3,(H,29,30,31)/b8-3-,17-4+.